The van der Waals surface area contributed by atoms with Crippen LogP contribution in [-0.2, 0) is 10.3 Å². The average Bonchev–Trinajstić information content (AvgIpc) is 2.64. The van der Waals surface area contributed by atoms with Crippen LogP contribution in [0.15, 0.2) is 24.3 Å². The normalized spacial score (nSPS) is 20.4. The Morgan fingerprint density at radius 3 is 1.94 bits per heavy atom. The molecule has 1 aliphatic heterocycles. The lowest BCUT2D eigenvalue weighted by Crippen LogP contribution is -2.15. The lowest BCUT2D eigenvalue weighted by Gasteiger charge is -2.16. The van der Waals surface area contributed by atoms with E-state index >= 15 is 0 Å². The van der Waals surface area contributed by atoms with Gasteiger partial charge in [0.15, 0.2) is 0 Å². The van der Waals surface area contributed by atoms with Crippen molar-refractivity contribution in [3.63, 3.8) is 0 Å². The first-order chi connectivity index (χ1) is 8.61. The number of benzene rings is 1. The number of fused-ring (bicyclic) bond motifs is 1. The Hall–Kier alpha value is -1.31. The number of hydrogen-bond donors (Lipinski definition) is 0. The summed E-state index contributed by atoms with van der Waals surface area (Å²) in [4.78, 5) is 11.3. The summed E-state index contributed by atoms with van der Waals surface area (Å²) in [5, 5.41) is 0. The van der Waals surface area contributed by atoms with Gasteiger partial charge in [-0.25, -0.2) is 4.79 Å². The molecule has 0 spiro atoms. The van der Waals surface area contributed by atoms with E-state index in [1.807, 2.05) is 32.0 Å². The molecular formula is C16H22O2. The lowest BCUT2D eigenvalue weighted by molar-refractivity contribution is 0.00954. The van der Waals surface area contributed by atoms with Gasteiger partial charge in [0, 0.05) is 5.56 Å². The van der Waals surface area contributed by atoms with E-state index in [9.17, 15) is 4.79 Å². The van der Waals surface area contributed by atoms with Crippen molar-refractivity contribution in [2.75, 3.05) is 0 Å². The largest absolute Gasteiger partial charge is 0.451 e. The monoisotopic (exact) mass is 246 g/mol. The van der Waals surface area contributed by atoms with Gasteiger partial charge in [-0.3, -0.25) is 0 Å². The van der Waals surface area contributed by atoms with Gasteiger partial charge in [-0.2, -0.15) is 0 Å². The minimum Gasteiger partial charge on any atom is -0.451 e. The molecule has 0 atom stereocenters. The van der Waals surface area contributed by atoms with E-state index in [-0.39, 0.29) is 5.97 Å². The number of rotatable bonds is 0. The second kappa shape index (κ2) is 5.55. The molecule has 1 aromatic carbocycles. The molecule has 2 aliphatic rings. The zero-order chi connectivity index (χ0) is 13.0. The first-order valence-corrected chi connectivity index (χ1v) is 6.94. The van der Waals surface area contributed by atoms with E-state index in [0.717, 1.165) is 5.56 Å². The van der Waals surface area contributed by atoms with E-state index in [0.29, 0.717) is 5.56 Å². The first kappa shape index (κ1) is 13.1. The van der Waals surface area contributed by atoms with Crippen molar-refractivity contribution in [3.05, 3.63) is 35.4 Å². The number of carbonyl (C=O) groups excluding carboxylic acids is 1. The summed E-state index contributed by atoms with van der Waals surface area (Å²) in [6.07, 6.45) is 9.00. The highest BCUT2D eigenvalue weighted by Crippen LogP contribution is 2.35. The molecule has 1 aliphatic carbocycles. The number of esters is 1. The molecular weight excluding hydrogens is 224 g/mol. The molecule has 0 bridgehead atoms. The Morgan fingerprint density at radius 1 is 0.944 bits per heavy atom. The van der Waals surface area contributed by atoms with Crippen molar-refractivity contribution in [2.24, 2.45) is 0 Å². The van der Waals surface area contributed by atoms with E-state index in [1.165, 1.54) is 38.5 Å². The highest BCUT2D eigenvalue weighted by atomic mass is 16.6. The quantitative estimate of drug-likeness (QED) is 0.633. The summed E-state index contributed by atoms with van der Waals surface area (Å²) in [5.74, 6) is -0.212. The third-order valence-electron chi connectivity index (χ3n) is 3.64. The summed E-state index contributed by atoms with van der Waals surface area (Å²) in [5.41, 5.74) is 1.23. The van der Waals surface area contributed by atoms with Crippen molar-refractivity contribution in [1.82, 2.24) is 0 Å². The maximum Gasteiger partial charge on any atom is 0.339 e. The highest BCUT2D eigenvalue weighted by Gasteiger charge is 2.36. The van der Waals surface area contributed by atoms with Crippen LogP contribution in [0, 0.1) is 0 Å². The number of ether oxygens (including phenoxy) is 1. The molecule has 1 saturated carbocycles. The predicted octanol–water partition coefficient (Wildman–Crippen LogP) is 4.43. The Morgan fingerprint density at radius 2 is 1.44 bits per heavy atom. The topological polar surface area (TPSA) is 26.3 Å². The maximum atomic E-state index is 11.3. The number of hydrogen-bond acceptors (Lipinski definition) is 2. The third-order valence-corrected chi connectivity index (χ3v) is 3.64. The standard InChI is InChI=1S/C10H10O2.C6H12/c1-10(2)8-6-4-3-5-7(8)9(11)12-10;1-2-4-6-5-3-1/h3-6H,1-2H3;1-6H2. The molecule has 0 aromatic heterocycles. The fourth-order valence-corrected chi connectivity index (χ4v) is 2.59. The summed E-state index contributed by atoms with van der Waals surface area (Å²) in [7, 11) is 0. The smallest absolute Gasteiger partial charge is 0.339 e. The molecule has 0 unspecified atom stereocenters. The molecule has 1 aromatic rings. The molecule has 0 saturated heterocycles. The molecule has 1 heterocycles. The Kier molecular flexibility index (Phi) is 4.05. The fourth-order valence-electron chi connectivity index (χ4n) is 2.59. The molecule has 0 amide bonds. The second-order valence-electron chi connectivity index (χ2n) is 5.57. The van der Waals surface area contributed by atoms with Gasteiger partial charge < -0.3 is 4.74 Å². The molecule has 98 valence electrons. The van der Waals surface area contributed by atoms with Gasteiger partial charge in [0.25, 0.3) is 0 Å². The maximum absolute atomic E-state index is 11.3. The summed E-state index contributed by atoms with van der Waals surface area (Å²) in [6, 6.07) is 7.50. The Labute approximate surface area is 109 Å². The van der Waals surface area contributed by atoms with Gasteiger partial charge in [-0.05, 0) is 19.9 Å². The van der Waals surface area contributed by atoms with Crippen molar-refractivity contribution >= 4 is 5.97 Å². The van der Waals surface area contributed by atoms with Crippen LogP contribution in [0.5, 0.6) is 0 Å². The Balaban J connectivity index is 0.000000169. The van der Waals surface area contributed by atoms with E-state index in [4.69, 9.17) is 4.74 Å². The third kappa shape index (κ3) is 2.92. The van der Waals surface area contributed by atoms with Crippen molar-refractivity contribution in [3.8, 4) is 0 Å². The predicted molar refractivity (Wildman–Crippen MR) is 72.6 cm³/mol. The van der Waals surface area contributed by atoms with Crippen LogP contribution in [0.1, 0.15) is 68.3 Å². The van der Waals surface area contributed by atoms with Gasteiger partial charge in [0.05, 0.1) is 5.56 Å². The molecule has 1 fully saturated rings. The first-order valence-electron chi connectivity index (χ1n) is 6.94. The van der Waals surface area contributed by atoms with Crippen LogP contribution in [0.2, 0.25) is 0 Å². The van der Waals surface area contributed by atoms with Crippen LogP contribution in [0.25, 0.3) is 0 Å². The SMILES string of the molecule is C1CCCCC1.CC1(C)OC(=O)c2ccccc21. The second-order valence-corrected chi connectivity index (χ2v) is 5.57. The highest BCUT2D eigenvalue weighted by molar-refractivity contribution is 5.94. The zero-order valence-corrected chi connectivity index (χ0v) is 11.4. The van der Waals surface area contributed by atoms with Crippen molar-refractivity contribution < 1.29 is 9.53 Å². The van der Waals surface area contributed by atoms with Crippen LogP contribution in [-0.4, -0.2) is 5.97 Å². The van der Waals surface area contributed by atoms with Gasteiger partial charge in [-0.1, -0.05) is 56.7 Å². The number of cyclic esters (lactones) is 1. The lowest BCUT2D eigenvalue weighted by atomic mass is 9.96. The van der Waals surface area contributed by atoms with Crippen molar-refractivity contribution in [1.29, 1.82) is 0 Å². The van der Waals surface area contributed by atoms with E-state index in [1.54, 1.807) is 6.07 Å². The van der Waals surface area contributed by atoms with Crippen LogP contribution < -0.4 is 0 Å². The van der Waals surface area contributed by atoms with E-state index in [2.05, 4.69) is 0 Å². The molecule has 2 nitrogen and oxygen atoms in total. The van der Waals surface area contributed by atoms with Crippen LogP contribution in [0.3, 0.4) is 0 Å². The van der Waals surface area contributed by atoms with E-state index < -0.39 is 5.60 Å². The molecule has 3 rings (SSSR count). The molecule has 2 heteroatoms. The number of carbonyl (C=O) groups is 1. The van der Waals surface area contributed by atoms with Gasteiger partial charge in [0.2, 0.25) is 0 Å². The summed E-state index contributed by atoms with van der Waals surface area (Å²) >= 11 is 0. The molecule has 0 radical (unpaired) electrons. The summed E-state index contributed by atoms with van der Waals surface area (Å²) < 4.78 is 5.18. The summed E-state index contributed by atoms with van der Waals surface area (Å²) in [6.45, 7) is 3.80. The van der Waals surface area contributed by atoms with Crippen LogP contribution >= 0.6 is 0 Å². The van der Waals surface area contributed by atoms with Gasteiger partial charge >= 0.3 is 5.97 Å². The zero-order valence-electron chi connectivity index (χ0n) is 11.4. The van der Waals surface area contributed by atoms with Crippen molar-refractivity contribution in [2.45, 2.75) is 58.0 Å². The van der Waals surface area contributed by atoms with Crippen LogP contribution in [0.4, 0.5) is 0 Å². The Bertz CT molecular complexity index is 405. The molecule has 0 N–H and O–H groups in total. The van der Waals surface area contributed by atoms with Gasteiger partial charge in [-0.15, -0.1) is 0 Å². The average molecular weight is 246 g/mol. The molecule has 18 heavy (non-hydrogen) atoms. The fraction of sp³-hybridized carbons (Fsp3) is 0.562. The minimum absolute atomic E-state index is 0.212. The van der Waals surface area contributed by atoms with Gasteiger partial charge in [0.1, 0.15) is 5.60 Å². The minimum atomic E-state index is -0.451.